The summed E-state index contributed by atoms with van der Waals surface area (Å²) in [5.41, 5.74) is 0.978. The van der Waals surface area contributed by atoms with Gasteiger partial charge in [-0.1, -0.05) is 16.5 Å². The smallest absolute Gasteiger partial charge is 0.728 e. The first kappa shape index (κ1) is 27.0. The molecule has 1 heterocycles. The Balaban J connectivity index is 0.000000319. The van der Waals surface area contributed by atoms with Crippen molar-refractivity contribution in [3.63, 3.8) is 0 Å². The predicted octanol–water partition coefficient (Wildman–Crippen LogP) is 5.08. The number of ether oxygens (including phenoxy) is 2. The molecule has 0 saturated carbocycles. The topological polar surface area (TPSA) is 124 Å². The zero-order valence-corrected chi connectivity index (χ0v) is 21.2. The summed E-state index contributed by atoms with van der Waals surface area (Å²) in [6.07, 6.45) is 3.34. The lowest BCUT2D eigenvalue weighted by Gasteiger charge is -2.14. The van der Waals surface area contributed by atoms with E-state index in [1.54, 1.807) is 75.1 Å². The van der Waals surface area contributed by atoms with E-state index in [1.807, 2.05) is 19.1 Å². The Kier molecular flexibility index (Phi) is 9.07. The standard InChI is InChI=1S/C20H21NO5P.C6H5NO3/c1-16-12-14-21(15-13-16)27(22,25-19-8-4-17(23-2)5-9-19)26-20-10-6-18(24-3)7-11-20;8-6-3-1-5(2-4-6)7(9)10/h4-15H,1-3H3;1-4,8H/q+1;/p-1. The Bertz CT molecular complexity index is 1290. The van der Waals surface area contributed by atoms with Crippen LogP contribution >= 0.6 is 7.75 Å². The predicted molar refractivity (Wildman–Crippen MR) is 134 cm³/mol. The summed E-state index contributed by atoms with van der Waals surface area (Å²) in [4.78, 5) is 9.47. The Hall–Kier alpha value is -4.56. The lowest BCUT2D eigenvalue weighted by molar-refractivity contribution is -0.536. The number of non-ortho nitro benzene ring substituents is 1. The number of nitro groups is 1. The molecule has 0 aliphatic rings. The second-order valence-electron chi connectivity index (χ2n) is 7.51. The van der Waals surface area contributed by atoms with Gasteiger partial charge in [0.1, 0.15) is 23.0 Å². The third kappa shape index (κ3) is 7.71. The van der Waals surface area contributed by atoms with Gasteiger partial charge in [0.15, 0.2) is 12.4 Å². The zero-order valence-electron chi connectivity index (χ0n) is 20.3. The minimum absolute atomic E-state index is 0.0559. The number of hydrogen-bond donors (Lipinski definition) is 0. The molecule has 3 aromatic carbocycles. The molecule has 0 atom stereocenters. The van der Waals surface area contributed by atoms with Crippen molar-refractivity contribution in [1.82, 2.24) is 0 Å². The van der Waals surface area contributed by atoms with Gasteiger partial charge in [-0.2, -0.15) is 4.57 Å². The van der Waals surface area contributed by atoms with Crippen LogP contribution in [0.25, 0.3) is 0 Å². The first-order valence-corrected chi connectivity index (χ1v) is 12.4. The van der Waals surface area contributed by atoms with Crippen molar-refractivity contribution in [1.29, 1.82) is 0 Å². The number of aromatic nitrogens is 1. The van der Waals surface area contributed by atoms with Crippen LogP contribution in [0.5, 0.6) is 28.7 Å². The second-order valence-corrected chi connectivity index (χ2v) is 9.27. The second kappa shape index (κ2) is 12.4. The number of methoxy groups -OCH3 is 2. The van der Waals surface area contributed by atoms with Gasteiger partial charge in [0.05, 0.1) is 19.1 Å². The minimum Gasteiger partial charge on any atom is -0.872 e. The fourth-order valence-corrected chi connectivity index (χ4v) is 4.34. The number of pyridine rings is 1. The van der Waals surface area contributed by atoms with Crippen molar-refractivity contribution >= 4 is 13.4 Å². The van der Waals surface area contributed by atoms with Crippen LogP contribution < -0.4 is 28.0 Å². The molecule has 0 saturated heterocycles. The van der Waals surface area contributed by atoms with Crippen LogP contribution in [0.2, 0.25) is 0 Å². The van der Waals surface area contributed by atoms with Gasteiger partial charge in [-0.25, -0.2) is 0 Å². The highest BCUT2D eigenvalue weighted by molar-refractivity contribution is 7.47. The van der Waals surface area contributed by atoms with Crippen molar-refractivity contribution in [2.45, 2.75) is 6.92 Å². The lowest BCUT2D eigenvalue weighted by Crippen LogP contribution is -2.35. The van der Waals surface area contributed by atoms with E-state index in [-0.39, 0.29) is 11.4 Å². The summed E-state index contributed by atoms with van der Waals surface area (Å²) >= 11 is 0. The number of hydrogen-bond acceptors (Lipinski definition) is 8. The third-order valence-corrected chi connectivity index (χ3v) is 6.59. The van der Waals surface area contributed by atoms with Gasteiger partial charge in [-0.15, -0.1) is 5.75 Å². The first-order valence-electron chi connectivity index (χ1n) is 10.9. The number of benzene rings is 3. The van der Waals surface area contributed by atoms with E-state index in [9.17, 15) is 19.8 Å². The summed E-state index contributed by atoms with van der Waals surface area (Å²) < 4.78 is 36.9. The number of rotatable bonds is 8. The maximum absolute atomic E-state index is 13.6. The lowest BCUT2D eigenvalue weighted by atomic mass is 10.3. The van der Waals surface area contributed by atoms with E-state index >= 15 is 0 Å². The van der Waals surface area contributed by atoms with Crippen molar-refractivity contribution in [2.24, 2.45) is 0 Å². The normalized spacial score (nSPS) is 10.5. The Morgan fingerprint density at radius 2 is 1.11 bits per heavy atom. The molecule has 0 radical (unpaired) electrons. The Morgan fingerprint density at radius 1 is 0.703 bits per heavy atom. The van der Waals surface area contributed by atoms with E-state index in [4.69, 9.17) is 18.5 Å². The maximum atomic E-state index is 13.6. The molecule has 0 aliphatic carbocycles. The zero-order chi connectivity index (χ0) is 26.8. The molecule has 0 amide bonds. The number of aryl methyl sites for hydroxylation is 1. The largest absolute Gasteiger partial charge is 0.872 e. The third-order valence-electron chi connectivity index (χ3n) is 4.87. The molecular weight excluding hydrogens is 499 g/mol. The monoisotopic (exact) mass is 524 g/mol. The van der Waals surface area contributed by atoms with E-state index in [1.165, 1.54) is 16.5 Å². The highest BCUT2D eigenvalue weighted by Crippen LogP contribution is 2.44. The molecule has 0 spiro atoms. The summed E-state index contributed by atoms with van der Waals surface area (Å²) in [5.74, 6) is 1.94. The average molecular weight is 524 g/mol. The molecular formula is C26H25N2O8P. The number of nitro benzene ring substituents is 1. The molecule has 11 heteroatoms. The molecule has 37 heavy (non-hydrogen) atoms. The van der Waals surface area contributed by atoms with Crippen molar-refractivity contribution < 1.29 is 37.5 Å². The molecule has 192 valence electrons. The molecule has 0 N–H and O–H groups in total. The van der Waals surface area contributed by atoms with Crippen LogP contribution in [-0.4, -0.2) is 19.1 Å². The minimum atomic E-state index is -3.75. The van der Waals surface area contributed by atoms with Crippen molar-refractivity contribution in [2.75, 3.05) is 14.2 Å². The molecule has 0 bridgehead atoms. The van der Waals surface area contributed by atoms with Gasteiger partial charge >= 0.3 is 7.75 Å². The summed E-state index contributed by atoms with van der Waals surface area (Å²) in [6, 6.07) is 22.0. The van der Waals surface area contributed by atoms with Crippen molar-refractivity contribution in [3.05, 3.63) is 113 Å². The fraction of sp³-hybridized carbons (Fsp3) is 0.115. The Morgan fingerprint density at radius 3 is 1.49 bits per heavy atom. The van der Waals surface area contributed by atoms with Crippen LogP contribution in [0.1, 0.15) is 5.56 Å². The van der Waals surface area contributed by atoms with Crippen LogP contribution in [0.15, 0.2) is 97.3 Å². The van der Waals surface area contributed by atoms with E-state index in [2.05, 4.69) is 0 Å². The first-order chi connectivity index (χ1) is 17.7. The quantitative estimate of drug-likeness (QED) is 0.178. The molecule has 0 unspecified atom stereocenters. The summed E-state index contributed by atoms with van der Waals surface area (Å²) in [5, 5.41) is 20.4. The molecule has 4 rings (SSSR count). The van der Waals surface area contributed by atoms with Crippen molar-refractivity contribution in [3.8, 4) is 28.7 Å². The van der Waals surface area contributed by atoms with Gasteiger partial charge in [0.2, 0.25) is 0 Å². The molecule has 0 fully saturated rings. The number of nitrogens with zero attached hydrogens (tertiary/aromatic N) is 2. The van der Waals surface area contributed by atoms with Crippen LogP contribution in [-0.2, 0) is 4.57 Å². The van der Waals surface area contributed by atoms with Gasteiger partial charge in [0.25, 0.3) is 5.69 Å². The van der Waals surface area contributed by atoms with Crippen LogP contribution in [0, 0.1) is 17.0 Å². The van der Waals surface area contributed by atoms with Crippen LogP contribution in [0.3, 0.4) is 0 Å². The SMILES string of the molecule is COc1ccc(OP(=O)(Oc2ccc(OC)cc2)[n+]2ccc(C)cc2)cc1.O=[N+]([O-])c1ccc([O-])cc1. The maximum Gasteiger partial charge on any atom is 0.728 e. The van der Waals surface area contributed by atoms with Gasteiger partial charge in [0, 0.05) is 24.3 Å². The Labute approximate surface area is 214 Å². The van der Waals surface area contributed by atoms with Gasteiger partial charge < -0.3 is 23.6 Å². The molecule has 1 aromatic heterocycles. The molecule has 10 nitrogen and oxygen atoms in total. The van der Waals surface area contributed by atoms with E-state index in [0.717, 1.165) is 17.7 Å². The summed E-state index contributed by atoms with van der Waals surface area (Å²) in [6.45, 7) is 1.95. The fourth-order valence-electron chi connectivity index (χ4n) is 2.88. The van der Waals surface area contributed by atoms with Gasteiger partial charge in [-0.05, 0) is 61.0 Å². The van der Waals surface area contributed by atoms with Gasteiger partial charge in [-0.3, -0.25) is 10.1 Å². The summed E-state index contributed by atoms with van der Waals surface area (Å²) in [7, 11) is -0.589. The highest BCUT2D eigenvalue weighted by Gasteiger charge is 2.42. The van der Waals surface area contributed by atoms with Crippen LogP contribution in [0.4, 0.5) is 5.69 Å². The van der Waals surface area contributed by atoms with E-state index in [0.29, 0.717) is 23.0 Å². The molecule has 0 aliphatic heterocycles. The highest BCUT2D eigenvalue weighted by atomic mass is 31.2. The molecule has 4 aromatic rings. The average Bonchev–Trinajstić information content (AvgIpc) is 2.90. The van der Waals surface area contributed by atoms with E-state index < -0.39 is 12.7 Å².